The van der Waals surface area contributed by atoms with Crippen LogP contribution < -0.4 is 0 Å². The first-order chi connectivity index (χ1) is 53.1. The van der Waals surface area contributed by atoms with Gasteiger partial charge in [0.2, 0.25) is 0 Å². The predicted octanol–water partition coefficient (Wildman–Crippen LogP) is 25.5. The molecule has 20 rings (SSSR count). The van der Waals surface area contributed by atoms with Gasteiger partial charge in [-0.25, -0.2) is 0 Å². The Balaban J connectivity index is 0.869. The van der Waals surface area contributed by atoms with Crippen molar-refractivity contribution in [3.05, 3.63) is 361 Å². The maximum atomic E-state index is 12.3. The van der Waals surface area contributed by atoms with Gasteiger partial charge in [0.05, 0.1) is 102 Å². The molecule has 14 aromatic carbocycles. The molecular weight excluding hydrogens is 1310 g/mol. The van der Waals surface area contributed by atoms with Crippen LogP contribution in [0.15, 0.2) is 328 Å². The second kappa shape index (κ2) is 25.2. The Morgan fingerprint density at radius 2 is 0.593 bits per heavy atom. The summed E-state index contributed by atoms with van der Waals surface area (Å²) in [7, 11) is 0. The van der Waals surface area contributed by atoms with E-state index >= 15 is 0 Å². The molecule has 0 aliphatic heterocycles. The topological polar surface area (TPSA) is 93.1 Å². The Kier molecular flexibility index (Phi) is 14.7. The molecule has 8 heteroatoms. The molecule has 506 valence electrons. The molecule has 0 atom stereocenters. The molecular formula is C100H66N8. The van der Waals surface area contributed by atoms with Gasteiger partial charge in [0.25, 0.3) is 0 Å². The van der Waals surface area contributed by atoms with Crippen molar-refractivity contribution in [1.82, 2.24) is 28.2 Å². The van der Waals surface area contributed by atoms with Crippen LogP contribution in [0.5, 0.6) is 0 Å². The van der Waals surface area contributed by atoms with Gasteiger partial charge >= 0.3 is 0 Å². The molecule has 0 radical (unpaired) electrons. The maximum absolute atomic E-state index is 12.3. The number of aryl methyl sites for hydroxylation is 4. The van der Waals surface area contributed by atoms with E-state index in [1.54, 1.807) is 0 Å². The van der Waals surface area contributed by atoms with Crippen LogP contribution in [-0.4, -0.2) is 28.2 Å². The van der Waals surface area contributed by atoms with Crippen LogP contribution in [0.2, 0.25) is 0 Å². The lowest BCUT2D eigenvalue weighted by Crippen LogP contribution is -2.06. The third-order valence-corrected chi connectivity index (χ3v) is 22.0. The van der Waals surface area contributed by atoms with Crippen LogP contribution in [0.3, 0.4) is 0 Å². The van der Waals surface area contributed by atoms with Crippen molar-refractivity contribution in [2.24, 2.45) is 0 Å². The molecule has 6 aromatic heterocycles. The minimum Gasteiger partial charge on any atom is -0.309 e. The molecule has 0 N–H and O–H groups in total. The van der Waals surface area contributed by atoms with Crippen molar-refractivity contribution >= 4 is 87.2 Å². The molecule has 0 unspecified atom stereocenters. The first-order valence-electron chi connectivity index (χ1n) is 36.6. The smallest absolute Gasteiger partial charge is 0.0999 e. The third kappa shape index (κ3) is 10.2. The molecule has 0 saturated carbocycles. The first kappa shape index (κ1) is 63.3. The van der Waals surface area contributed by atoms with Gasteiger partial charge in [-0.3, -0.25) is 9.97 Å². The number of rotatable bonds is 11. The van der Waals surface area contributed by atoms with Gasteiger partial charge in [-0.15, -0.1) is 0 Å². The van der Waals surface area contributed by atoms with Gasteiger partial charge in [-0.05, 0) is 193 Å². The number of fused-ring (bicyclic) bond motifs is 12. The molecule has 108 heavy (non-hydrogen) atoms. The fourth-order valence-electron chi connectivity index (χ4n) is 16.9. The average Bonchev–Trinajstić information content (AvgIpc) is 1.51. The van der Waals surface area contributed by atoms with Crippen molar-refractivity contribution in [1.29, 1.82) is 10.5 Å². The largest absolute Gasteiger partial charge is 0.309 e. The number of pyridine rings is 2. The van der Waals surface area contributed by atoms with E-state index in [2.05, 4.69) is 349 Å². The van der Waals surface area contributed by atoms with E-state index in [4.69, 9.17) is 9.97 Å². The van der Waals surface area contributed by atoms with Gasteiger partial charge in [0.15, 0.2) is 0 Å². The van der Waals surface area contributed by atoms with E-state index < -0.39 is 0 Å². The average molecular weight is 1380 g/mol. The zero-order valence-electron chi connectivity index (χ0n) is 59.8. The lowest BCUT2D eigenvalue weighted by atomic mass is 9.94. The minimum atomic E-state index is 0.423. The Labute approximate surface area is 624 Å². The summed E-state index contributed by atoms with van der Waals surface area (Å²) in [6.45, 7) is 8.51. The van der Waals surface area contributed by atoms with Crippen molar-refractivity contribution in [2.75, 3.05) is 0 Å². The molecule has 0 saturated heterocycles. The molecule has 0 aliphatic rings. The quantitative estimate of drug-likeness (QED) is 0.129. The zero-order chi connectivity index (χ0) is 72.4. The zero-order valence-corrected chi connectivity index (χ0v) is 59.8. The molecule has 0 aliphatic carbocycles. The number of benzene rings is 14. The summed E-state index contributed by atoms with van der Waals surface area (Å²) < 4.78 is 9.31. The van der Waals surface area contributed by atoms with Crippen molar-refractivity contribution in [2.45, 2.75) is 27.7 Å². The molecule has 0 spiro atoms. The van der Waals surface area contributed by atoms with E-state index in [0.29, 0.717) is 33.6 Å². The number of nitriles is 2. The summed E-state index contributed by atoms with van der Waals surface area (Å²) in [5, 5.41) is 32.7. The van der Waals surface area contributed by atoms with E-state index in [1.807, 2.05) is 36.7 Å². The highest BCUT2D eigenvalue weighted by atomic mass is 15.0. The fourth-order valence-corrected chi connectivity index (χ4v) is 16.9. The number of para-hydroxylation sites is 4. The third-order valence-electron chi connectivity index (χ3n) is 22.0. The SMILES string of the molecule is Cc1ccc(-c2ccc3c(c2)c2ccccc2n3-c2cccnc2-c2c(C#N)cc(-c3cnc(-c4c(C#N)cccc4-n4c5ccccc5c5cc(-c6cccc(C)c6)ccc54)c(-n4c5ccccc5c5cc(-c6cccc(C)c6)ccc54)c3)cc2-n2c3ccccc3c3cc(-c4ccc(C)cc4)ccc32)cc1. The van der Waals surface area contributed by atoms with Crippen LogP contribution >= 0.6 is 0 Å². The summed E-state index contributed by atoms with van der Waals surface area (Å²) in [5.41, 5.74) is 29.8. The molecule has 6 heterocycles. The lowest BCUT2D eigenvalue weighted by Gasteiger charge is -2.21. The van der Waals surface area contributed by atoms with Gasteiger partial charge in [0, 0.05) is 72.2 Å². The van der Waals surface area contributed by atoms with E-state index in [1.165, 1.54) is 22.3 Å². The van der Waals surface area contributed by atoms with Crippen molar-refractivity contribution in [3.8, 4) is 113 Å². The first-order valence-corrected chi connectivity index (χ1v) is 36.6. The standard InChI is InChI=1S/C100H66N8/c1-61-32-36-65(37-33-61)69-40-44-90-81(52-69)78-23-6-10-27-86(78)106(90)94-31-16-48-103-99(94)98-75(59-102)51-74(56-95(98)107-87-28-11-7-24-79(87)82-53-70(41-45-91(82)107)66-38-34-62(2)35-39-66)76-57-96(108-88-29-12-8-25-80(88)84-55-72(43-47-92(84)108)68-20-14-18-64(4)50-68)100(104-60-76)97-73(58-101)21-15-30-93(97)105-85-26-9-5-22-77(85)83-54-71(42-46-89(83)105)67-19-13-17-63(3)49-67/h5-57,60H,1-4H3. The highest BCUT2D eigenvalue weighted by Gasteiger charge is 2.29. The Morgan fingerprint density at radius 3 is 1.06 bits per heavy atom. The Bertz CT molecular complexity index is 7240. The minimum absolute atomic E-state index is 0.423. The van der Waals surface area contributed by atoms with Crippen LogP contribution in [0.1, 0.15) is 33.4 Å². The Morgan fingerprint density at radius 1 is 0.231 bits per heavy atom. The highest BCUT2D eigenvalue weighted by Crippen LogP contribution is 2.48. The number of aromatic nitrogens is 6. The van der Waals surface area contributed by atoms with Gasteiger partial charge in [0.1, 0.15) is 0 Å². The number of nitrogens with zero attached hydrogens (tertiary/aromatic N) is 8. The normalized spacial score (nSPS) is 11.7. The molecule has 8 nitrogen and oxygen atoms in total. The molecule has 20 aromatic rings. The van der Waals surface area contributed by atoms with Crippen LogP contribution in [0, 0.1) is 50.4 Å². The van der Waals surface area contributed by atoms with Gasteiger partial charge < -0.3 is 18.3 Å². The molecule has 0 amide bonds. The van der Waals surface area contributed by atoms with Crippen molar-refractivity contribution in [3.63, 3.8) is 0 Å². The lowest BCUT2D eigenvalue weighted by molar-refractivity contribution is 1.12. The van der Waals surface area contributed by atoms with Crippen molar-refractivity contribution < 1.29 is 0 Å². The maximum Gasteiger partial charge on any atom is 0.0999 e. The van der Waals surface area contributed by atoms with E-state index in [-0.39, 0.29) is 0 Å². The monoisotopic (exact) mass is 1380 g/mol. The summed E-state index contributed by atoms with van der Waals surface area (Å²) in [4.78, 5) is 11.2. The van der Waals surface area contributed by atoms with Crippen LogP contribution in [0.25, 0.3) is 188 Å². The van der Waals surface area contributed by atoms with Crippen LogP contribution in [-0.2, 0) is 0 Å². The van der Waals surface area contributed by atoms with E-state index in [0.717, 1.165) is 166 Å². The Hall–Kier alpha value is -14.4. The summed E-state index contributed by atoms with van der Waals surface area (Å²) in [6, 6.07) is 118. The predicted molar refractivity (Wildman–Crippen MR) is 446 cm³/mol. The van der Waals surface area contributed by atoms with Gasteiger partial charge in [-0.2, -0.15) is 10.5 Å². The summed E-state index contributed by atoms with van der Waals surface area (Å²) >= 11 is 0. The summed E-state index contributed by atoms with van der Waals surface area (Å²) in [5.74, 6) is 0. The number of hydrogen-bond acceptors (Lipinski definition) is 4. The summed E-state index contributed by atoms with van der Waals surface area (Å²) in [6.07, 6.45) is 3.79. The van der Waals surface area contributed by atoms with E-state index in [9.17, 15) is 10.5 Å². The molecule has 0 fully saturated rings. The van der Waals surface area contributed by atoms with Crippen LogP contribution in [0.4, 0.5) is 0 Å². The molecule has 0 bridgehead atoms. The fraction of sp³-hybridized carbons (Fsp3) is 0.0400. The van der Waals surface area contributed by atoms with Gasteiger partial charge in [-0.1, -0.05) is 222 Å². The second-order valence-electron chi connectivity index (χ2n) is 28.6. The highest BCUT2D eigenvalue weighted by molar-refractivity contribution is 6.16. The number of hydrogen-bond donors (Lipinski definition) is 0. The second-order valence-corrected chi connectivity index (χ2v) is 28.6.